The molecule has 0 spiro atoms. The Labute approximate surface area is 83.4 Å². The highest BCUT2D eigenvalue weighted by molar-refractivity contribution is 7.98. The number of hydrogen-bond acceptors (Lipinski definition) is 2. The maximum Gasteiger partial charge on any atom is 0.0279 e. The van der Waals surface area contributed by atoms with Gasteiger partial charge in [0.1, 0.15) is 0 Å². The van der Waals surface area contributed by atoms with Gasteiger partial charge >= 0.3 is 0 Å². The van der Waals surface area contributed by atoms with E-state index in [1.54, 1.807) is 0 Å². The van der Waals surface area contributed by atoms with Gasteiger partial charge in [0.15, 0.2) is 0 Å². The van der Waals surface area contributed by atoms with Gasteiger partial charge in [-0.15, -0.1) is 11.3 Å². The van der Waals surface area contributed by atoms with Crippen molar-refractivity contribution >= 4 is 23.1 Å². The first-order chi connectivity index (χ1) is 5.68. The molecule has 0 saturated carbocycles. The Balaban J connectivity index is 2.24. The molecule has 1 heterocycles. The summed E-state index contributed by atoms with van der Waals surface area (Å²) in [7, 11) is 0. The molecule has 1 rings (SSSR count). The molecule has 0 saturated heterocycles. The fourth-order valence-corrected chi connectivity index (χ4v) is 3.02. The molecule has 0 fully saturated rings. The predicted molar refractivity (Wildman–Crippen MR) is 60.1 cm³/mol. The topological polar surface area (TPSA) is 0 Å². The summed E-state index contributed by atoms with van der Waals surface area (Å²) in [6.07, 6.45) is 0. The zero-order valence-electron chi connectivity index (χ0n) is 7.96. The van der Waals surface area contributed by atoms with Gasteiger partial charge in [-0.3, -0.25) is 0 Å². The Morgan fingerprint density at radius 2 is 2.17 bits per heavy atom. The number of rotatable bonds is 4. The van der Waals surface area contributed by atoms with Gasteiger partial charge in [-0.2, -0.15) is 11.8 Å². The van der Waals surface area contributed by atoms with Crippen molar-refractivity contribution in [2.24, 2.45) is 5.92 Å². The van der Waals surface area contributed by atoms with Gasteiger partial charge < -0.3 is 0 Å². The second-order valence-corrected chi connectivity index (χ2v) is 5.82. The first kappa shape index (κ1) is 10.1. The number of hydrogen-bond donors (Lipinski definition) is 0. The molecule has 12 heavy (non-hydrogen) atoms. The van der Waals surface area contributed by atoms with E-state index in [0.29, 0.717) is 0 Å². The predicted octanol–water partition coefficient (Wildman–Crippen LogP) is 3.95. The van der Waals surface area contributed by atoms with E-state index in [4.69, 9.17) is 0 Å². The highest BCUT2D eigenvalue weighted by Gasteiger charge is 1.98. The lowest BCUT2D eigenvalue weighted by atomic mass is 10.3. The van der Waals surface area contributed by atoms with Crippen molar-refractivity contribution in [2.45, 2.75) is 26.5 Å². The smallest absolute Gasteiger partial charge is 0.0279 e. The van der Waals surface area contributed by atoms with E-state index >= 15 is 0 Å². The maximum atomic E-state index is 2.27. The Morgan fingerprint density at radius 3 is 2.67 bits per heavy atom. The van der Waals surface area contributed by atoms with Gasteiger partial charge in [0.2, 0.25) is 0 Å². The Kier molecular flexibility index (Phi) is 4.16. The lowest BCUT2D eigenvalue weighted by Crippen LogP contribution is -1.90. The Bertz CT molecular complexity index is 225. The zero-order chi connectivity index (χ0) is 8.97. The highest BCUT2D eigenvalue weighted by Crippen LogP contribution is 2.21. The van der Waals surface area contributed by atoms with Crippen molar-refractivity contribution in [2.75, 3.05) is 5.75 Å². The summed E-state index contributed by atoms with van der Waals surface area (Å²) < 4.78 is 0. The Hall–Kier alpha value is 0.0500. The lowest BCUT2D eigenvalue weighted by Gasteiger charge is -2.01. The molecule has 1 aromatic rings. The molecule has 0 amide bonds. The van der Waals surface area contributed by atoms with Crippen LogP contribution in [0.1, 0.15) is 23.6 Å². The third-order valence-electron chi connectivity index (χ3n) is 1.49. The fourth-order valence-electron chi connectivity index (χ4n) is 0.958. The van der Waals surface area contributed by atoms with Crippen LogP contribution in [-0.4, -0.2) is 5.75 Å². The van der Waals surface area contributed by atoms with Crippen LogP contribution in [0.2, 0.25) is 0 Å². The van der Waals surface area contributed by atoms with Crippen LogP contribution in [-0.2, 0) is 5.75 Å². The van der Waals surface area contributed by atoms with Crippen LogP contribution in [0, 0.1) is 12.8 Å². The quantitative estimate of drug-likeness (QED) is 0.709. The van der Waals surface area contributed by atoms with Crippen LogP contribution in [0.25, 0.3) is 0 Å². The average Bonchev–Trinajstić information content (AvgIpc) is 2.35. The number of thioether (sulfide) groups is 1. The molecule has 0 N–H and O–H groups in total. The highest BCUT2D eigenvalue weighted by atomic mass is 32.2. The van der Waals surface area contributed by atoms with Gasteiger partial charge in [0.25, 0.3) is 0 Å². The van der Waals surface area contributed by atoms with Crippen LogP contribution < -0.4 is 0 Å². The van der Waals surface area contributed by atoms with E-state index in [1.165, 1.54) is 21.3 Å². The molecule has 68 valence electrons. The fraction of sp³-hybridized carbons (Fsp3) is 0.600. The molecule has 1 aromatic heterocycles. The summed E-state index contributed by atoms with van der Waals surface area (Å²) in [5.41, 5.74) is 0. The summed E-state index contributed by atoms with van der Waals surface area (Å²) in [6, 6.07) is 4.45. The summed E-state index contributed by atoms with van der Waals surface area (Å²) in [6.45, 7) is 6.71. The third-order valence-corrected chi connectivity index (χ3v) is 4.09. The van der Waals surface area contributed by atoms with Gasteiger partial charge in [-0.25, -0.2) is 0 Å². The van der Waals surface area contributed by atoms with Crippen molar-refractivity contribution in [1.29, 1.82) is 0 Å². The summed E-state index contributed by atoms with van der Waals surface area (Å²) in [5, 5.41) is 0. The summed E-state index contributed by atoms with van der Waals surface area (Å²) in [4.78, 5) is 2.94. The van der Waals surface area contributed by atoms with E-state index < -0.39 is 0 Å². The summed E-state index contributed by atoms with van der Waals surface area (Å²) >= 11 is 3.96. The molecule has 0 bridgehead atoms. The third kappa shape index (κ3) is 3.63. The van der Waals surface area contributed by atoms with Crippen molar-refractivity contribution in [3.8, 4) is 0 Å². The largest absolute Gasteiger partial charge is 0.156 e. The van der Waals surface area contributed by atoms with E-state index in [2.05, 4.69) is 32.9 Å². The standard InChI is InChI=1S/C10H16S2/c1-8(2)6-11-7-10-5-4-9(3)12-10/h4-5,8H,6-7H2,1-3H3. The van der Waals surface area contributed by atoms with Crippen LogP contribution in [0.4, 0.5) is 0 Å². The van der Waals surface area contributed by atoms with Gasteiger partial charge in [-0.05, 0) is 30.7 Å². The summed E-state index contributed by atoms with van der Waals surface area (Å²) in [5.74, 6) is 3.28. The normalized spacial score (nSPS) is 11.0. The first-order valence-electron chi connectivity index (χ1n) is 4.31. The van der Waals surface area contributed by atoms with Gasteiger partial charge in [0, 0.05) is 15.5 Å². The van der Waals surface area contributed by atoms with Crippen LogP contribution in [0.3, 0.4) is 0 Å². The molecule has 0 aliphatic rings. The van der Waals surface area contributed by atoms with Crippen molar-refractivity contribution in [1.82, 2.24) is 0 Å². The zero-order valence-corrected chi connectivity index (χ0v) is 9.60. The first-order valence-corrected chi connectivity index (χ1v) is 6.28. The molecule has 0 radical (unpaired) electrons. The monoisotopic (exact) mass is 200 g/mol. The molecular weight excluding hydrogens is 184 g/mol. The molecule has 0 aliphatic heterocycles. The molecule has 0 atom stereocenters. The molecular formula is C10H16S2. The minimum Gasteiger partial charge on any atom is -0.156 e. The van der Waals surface area contributed by atoms with Crippen molar-refractivity contribution in [3.63, 3.8) is 0 Å². The number of aryl methyl sites for hydroxylation is 1. The second kappa shape index (κ2) is 4.93. The minimum absolute atomic E-state index is 0.816. The van der Waals surface area contributed by atoms with E-state index in [-0.39, 0.29) is 0 Å². The lowest BCUT2D eigenvalue weighted by molar-refractivity contribution is 0.750. The van der Waals surface area contributed by atoms with E-state index in [1.807, 2.05) is 23.1 Å². The van der Waals surface area contributed by atoms with Gasteiger partial charge in [-0.1, -0.05) is 13.8 Å². The SMILES string of the molecule is Cc1ccc(CSCC(C)C)s1. The molecule has 0 aliphatic carbocycles. The van der Waals surface area contributed by atoms with E-state index in [9.17, 15) is 0 Å². The average molecular weight is 200 g/mol. The second-order valence-electron chi connectivity index (χ2n) is 3.42. The molecule has 0 aromatic carbocycles. The van der Waals surface area contributed by atoms with Crippen molar-refractivity contribution in [3.05, 3.63) is 21.9 Å². The Morgan fingerprint density at radius 1 is 1.42 bits per heavy atom. The molecule has 0 unspecified atom stereocenters. The minimum atomic E-state index is 0.816. The maximum absolute atomic E-state index is 2.27. The van der Waals surface area contributed by atoms with Crippen LogP contribution in [0.5, 0.6) is 0 Å². The van der Waals surface area contributed by atoms with Crippen molar-refractivity contribution < 1.29 is 0 Å². The van der Waals surface area contributed by atoms with E-state index in [0.717, 1.165) is 5.92 Å². The van der Waals surface area contributed by atoms with Crippen LogP contribution >= 0.6 is 23.1 Å². The van der Waals surface area contributed by atoms with Crippen LogP contribution in [0.15, 0.2) is 12.1 Å². The molecule has 2 heteroatoms. The number of thiophene rings is 1. The van der Waals surface area contributed by atoms with Gasteiger partial charge in [0.05, 0.1) is 0 Å². The molecule has 0 nitrogen and oxygen atoms in total.